The maximum Gasteiger partial charge on any atom is 0.313 e. The molecule has 0 aromatic heterocycles. The van der Waals surface area contributed by atoms with E-state index < -0.39 is 12.2 Å². The minimum absolute atomic E-state index is 0.0313. The lowest BCUT2D eigenvalue weighted by Gasteiger charge is -2.28. The molecule has 2 heterocycles. The Morgan fingerprint density at radius 1 is 1.75 bits per heavy atom. The maximum absolute atomic E-state index is 11.7. The molecule has 5 heteroatoms. The minimum atomic E-state index is -0.478. The molecule has 0 aromatic rings. The largest absolute Gasteiger partial charge is 0.466 e. The van der Waals surface area contributed by atoms with Crippen molar-refractivity contribution in [1.29, 1.82) is 5.26 Å². The lowest BCUT2D eigenvalue weighted by atomic mass is 9.88. The van der Waals surface area contributed by atoms with Gasteiger partial charge in [0.05, 0.1) is 19.1 Å². The van der Waals surface area contributed by atoms with Gasteiger partial charge in [0.2, 0.25) is 6.29 Å². The molecule has 2 aliphatic heterocycles. The van der Waals surface area contributed by atoms with Crippen molar-refractivity contribution in [3.05, 3.63) is 11.8 Å². The van der Waals surface area contributed by atoms with E-state index in [0.29, 0.717) is 13.2 Å². The molecular formula is C11H13NO4. The number of carbonyl (C=O) groups excluding carboxylic acids is 1. The number of fused-ring (bicyclic) bond motifs is 1. The van der Waals surface area contributed by atoms with Gasteiger partial charge in [-0.2, -0.15) is 5.26 Å². The summed E-state index contributed by atoms with van der Waals surface area (Å²) in [7, 11) is 0. The minimum Gasteiger partial charge on any atom is -0.466 e. The molecular weight excluding hydrogens is 210 g/mol. The van der Waals surface area contributed by atoms with E-state index >= 15 is 0 Å². The van der Waals surface area contributed by atoms with Crippen LogP contribution in [-0.2, 0) is 19.0 Å². The molecule has 0 aromatic carbocycles. The molecule has 2 aliphatic rings. The molecule has 0 bridgehead atoms. The van der Waals surface area contributed by atoms with Crippen molar-refractivity contribution in [2.75, 3.05) is 13.2 Å². The van der Waals surface area contributed by atoms with Crippen molar-refractivity contribution in [2.24, 2.45) is 11.8 Å². The molecule has 3 atom stereocenters. The zero-order chi connectivity index (χ0) is 11.5. The number of rotatable bonds is 2. The molecule has 0 amide bonds. The summed E-state index contributed by atoms with van der Waals surface area (Å²) in [6.45, 7) is 2.65. The highest BCUT2D eigenvalue weighted by Gasteiger charge is 2.43. The van der Waals surface area contributed by atoms with E-state index in [2.05, 4.69) is 0 Å². The Morgan fingerprint density at radius 3 is 3.25 bits per heavy atom. The van der Waals surface area contributed by atoms with E-state index in [1.807, 2.05) is 6.07 Å². The second-order valence-corrected chi connectivity index (χ2v) is 3.73. The van der Waals surface area contributed by atoms with Crippen molar-refractivity contribution < 1.29 is 19.0 Å². The molecule has 16 heavy (non-hydrogen) atoms. The molecule has 0 saturated carbocycles. The van der Waals surface area contributed by atoms with Crippen molar-refractivity contribution in [3.63, 3.8) is 0 Å². The normalized spacial score (nSPS) is 32.0. The molecule has 0 spiro atoms. The third-order valence-electron chi connectivity index (χ3n) is 2.79. The van der Waals surface area contributed by atoms with Crippen LogP contribution in [0.15, 0.2) is 11.8 Å². The van der Waals surface area contributed by atoms with Gasteiger partial charge < -0.3 is 14.2 Å². The fourth-order valence-electron chi connectivity index (χ4n) is 2.05. The Morgan fingerprint density at radius 2 is 2.56 bits per heavy atom. The van der Waals surface area contributed by atoms with Crippen molar-refractivity contribution in [1.82, 2.24) is 0 Å². The van der Waals surface area contributed by atoms with Crippen LogP contribution in [-0.4, -0.2) is 25.5 Å². The quantitative estimate of drug-likeness (QED) is 0.652. The first-order valence-electron chi connectivity index (χ1n) is 5.33. The highest BCUT2D eigenvalue weighted by atomic mass is 16.7. The van der Waals surface area contributed by atoms with E-state index in [4.69, 9.17) is 19.5 Å². The highest BCUT2D eigenvalue weighted by Crippen LogP contribution is 2.36. The van der Waals surface area contributed by atoms with E-state index in [1.54, 1.807) is 6.92 Å². The van der Waals surface area contributed by atoms with Crippen LogP contribution >= 0.6 is 0 Å². The first-order valence-corrected chi connectivity index (χ1v) is 5.33. The Bertz CT molecular complexity index is 357. The van der Waals surface area contributed by atoms with Gasteiger partial charge in [0.25, 0.3) is 0 Å². The molecule has 2 rings (SSSR count). The average molecular weight is 223 g/mol. The summed E-state index contributed by atoms with van der Waals surface area (Å²) in [6.07, 6.45) is 1.81. The first-order chi connectivity index (χ1) is 7.76. The van der Waals surface area contributed by atoms with Crippen molar-refractivity contribution in [3.8, 4) is 6.07 Å². The third kappa shape index (κ3) is 1.89. The summed E-state index contributed by atoms with van der Waals surface area (Å²) in [5.41, 5.74) is 0. The van der Waals surface area contributed by atoms with E-state index in [9.17, 15) is 4.79 Å². The van der Waals surface area contributed by atoms with Crippen LogP contribution < -0.4 is 0 Å². The van der Waals surface area contributed by atoms with Gasteiger partial charge >= 0.3 is 5.97 Å². The molecule has 5 nitrogen and oxygen atoms in total. The molecule has 1 fully saturated rings. The zero-order valence-electron chi connectivity index (χ0n) is 9.01. The topological polar surface area (TPSA) is 68.6 Å². The van der Waals surface area contributed by atoms with Crippen LogP contribution in [0.1, 0.15) is 13.3 Å². The first kappa shape index (κ1) is 11.0. The van der Waals surface area contributed by atoms with Gasteiger partial charge in [0.15, 0.2) is 5.76 Å². The fourth-order valence-corrected chi connectivity index (χ4v) is 2.05. The summed E-state index contributed by atoms with van der Waals surface area (Å²) in [5, 5.41) is 8.79. The lowest BCUT2D eigenvalue weighted by Crippen LogP contribution is -2.35. The van der Waals surface area contributed by atoms with Crippen molar-refractivity contribution in [2.45, 2.75) is 19.6 Å². The Hall–Kier alpha value is -1.54. The predicted molar refractivity (Wildman–Crippen MR) is 52.8 cm³/mol. The van der Waals surface area contributed by atoms with Gasteiger partial charge in [-0.15, -0.1) is 0 Å². The third-order valence-corrected chi connectivity index (χ3v) is 2.79. The number of nitriles is 1. The van der Waals surface area contributed by atoms with Crippen LogP contribution in [0.4, 0.5) is 0 Å². The summed E-state index contributed by atoms with van der Waals surface area (Å²) < 4.78 is 15.6. The van der Waals surface area contributed by atoms with Crippen LogP contribution in [0.3, 0.4) is 0 Å². The second kappa shape index (κ2) is 4.54. The number of esters is 1. The van der Waals surface area contributed by atoms with Gasteiger partial charge in [0, 0.05) is 5.92 Å². The fraction of sp³-hybridized carbons (Fsp3) is 0.636. The van der Waals surface area contributed by atoms with Gasteiger partial charge in [-0.3, -0.25) is 4.79 Å². The summed E-state index contributed by atoms with van der Waals surface area (Å²) in [6, 6.07) is 1.89. The number of carbonyl (C=O) groups is 1. The lowest BCUT2D eigenvalue weighted by molar-refractivity contribution is -0.158. The number of hydrogen-bond donors (Lipinski definition) is 0. The van der Waals surface area contributed by atoms with Gasteiger partial charge in [-0.05, 0) is 19.4 Å². The van der Waals surface area contributed by atoms with E-state index in [1.165, 1.54) is 6.08 Å². The van der Waals surface area contributed by atoms with Gasteiger partial charge in [-0.1, -0.05) is 0 Å². The van der Waals surface area contributed by atoms with Crippen LogP contribution in [0.2, 0.25) is 0 Å². The number of allylic oxidation sites excluding steroid dienone is 1. The molecule has 0 radical (unpaired) electrons. The molecule has 0 aliphatic carbocycles. The SMILES string of the molecule is CCOC(=O)[C@H]1C=C(C#N)O[C@H]2OCC[C@@H]21. The van der Waals surface area contributed by atoms with Gasteiger partial charge in [0.1, 0.15) is 6.07 Å². The van der Waals surface area contributed by atoms with Crippen molar-refractivity contribution >= 4 is 5.97 Å². The summed E-state index contributed by atoms with van der Waals surface area (Å²) >= 11 is 0. The Balaban J connectivity index is 2.19. The average Bonchev–Trinajstić information content (AvgIpc) is 2.75. The number of hydrogen-bond acceptors (Lipinski definition) is 5. The van der Waals surface area contributed by atoms with E-state index in [-0.39, 0.29) is 17.6 Å². The number of ether oxygens (including phenoxy) is 3. The predicted octanol–water partition coefficient (Wildman–Crippen LogP) is 0.966. The molecule has 1 saturated heterocycles. The van der Waals surface area contributed by atoms with Crippen LogP contribution in [0.5, 0.6) is 0 Å². The zero-order valence-corrected chi connectivity index (χ0v) is 9.01. The standard InChI is InChI=1S/C11H13NO4/c1-2-14-10(13)9-5-7(6-12)16-11-8(9)3-4-15-11/h5,8-9,11H,2-4H2,1H3/t8-,9+,11-/m1/s1. The monoisotopic (exact) mass is 223 g/mol. The van der Waals surface area contributed by atoms with Crippen LogP contribution in [0.25, 0.3) is 0 Å². The maximum atomic E-state index is 11.7. The summed E-state index contributed by atoms with van der Waals surface area (Å²) in [4.78, 5) is 11.7. The Labute approximate surface area is 93.6 Å². The number of nitrogens with zero attached hydrogens (tertiary/aromatic N) is 1. The smallest absolute Gasteiger partial charge is 0.313 e. The molecule has 86 valence electrons. The molecule has 0 unspecified atom stereocenters. The Kier molecular flexibility index (Phi) is 3.11. The van der Waals surface area contributed by atoms with Gasteiger partial charge in [-0.25, -0.2) is 0 Å². The summed E-state index contributed by atoms with van der Waals surface area (Å²) in [5.74, 6) is -0.618. The van der Waals surface area contributed by atoms with E-state index in [0.717, 1.165) is 6.42 Å². The second-order valence-electron chi connectivity index (χ2n) is 3.73. The highest BCUT2D eigenvalue weighted by molar-refractivity contribution is 5.75. The molecule has 0 N–H and O–H groups in total. The van der Waals surface area contributed by atoms with Crippen LogP contribution in [0, 0.1) is 23.2 Å².